The SMILES string of the molecule is CC[C@H](C)c1ccccc1NC(=O)[C@@H](C)Sc1ncnc2ccccc12. The maximum absolute atomic E-state index is 12.7. The summed E-state index contributed by atoms with van der Waals surface area (Å²) in [5.74, 6) is 0.383. The van der Waals surface area contributed by atoms with Crippen LogP contribution < -0.4 is 5.32 Å². The van der Waals surface area contributed by atoms with Gasteiger partial charge in [0.05, 0.1) is 10.8 Å². The summed E-state index contributed by atoms with van der Waals surface area (Å²) in [6, 6.07) is 15.9. The number of aromatic nitrogens is 2. The number of anilines is 1. The fourth-order valence-electron chi connectivity index (χ4n) is 2.79. The van der Waals surface area contributed by atoms with Crippen LogP contribution in [0.3, 0.4) is 0 Å². The van der Waals surface area contributed by atoms with E-state index in [0.29, 0.717) is 5.92 Å². The second-order valence-corrected chi connectivity index (χ2v) is 7.67. The number of benzene rings is 2. The van der Waals surface area contributed by atoms with Crippen molar-refractivity contribution < 1.29 is 4.79 Å². The van der Waals surface area contributed by atoms with E-state index in [9.17, 15) is 4.79 Å². The zero-order valence-electron chi connectivity index (χ0n) is 15.3. The van der Waals surface area contributed by atoms with Gasteiger partial charge in [0.25, 0.3) is 0 Å². The molecule has 0 aliphatic rings. The average Bonchev–Trinajstić information content (AvgIpc) is 2.68. The van der Waals surface area contributed by atoms with E-state index in [1.807, 2.05) is 49.4 Å². The van der Waals surface area contributed by atoms with Gasteiger partial charge in [0.15, 0.2) is 0 Å². The van der Waals surface area contributed by atoms with Gasteiger partial charge in [-0.15, -0.1) is 0 Å². The third-order valence-corrected chi connectivity index (χ3v) is 5.64. The van der Waals surface area contributed by atoms with Crippen LogP contribution in [0.25, 0.3) is 10.9 Å². The fourth-order valence-corrected chi connectivity index (χ4v) is 3.70. The molecular weight excluding hydrogens is 342 g/mol. The third kappa shape index (κ3) is 4.05. The summed E-state index contributed by atoms with van der Waals surface area (Å²) in [5.41, 5.74) is 2.96. The molecule has 2 aromatic carbocycles. The Kier molecular flexibility index (Phi) is 5.89. The zero-order chi connectivity index (χ0) is 18.5. The van der Waals surface area contributed by atoms with Crippen molar-refractivity contribution in [3.8, 4) is 0 Å². The normalized spacial score (nSPS) is 13.3. The summed E-state index contributed by atoms with van der Waals surface area (Å²) in [6.45, 7) is 6.24. The first-order chi connectivity index (χ1) is 12.6. The van der Waals surface area contributed by atoms with Gasteiger partial charge in [0.2, 0.25) is 5.91 Å². The molecule has 0 aliphatic carbocycles. The highest BCUT2D eigenvalue weighted by molar-refractivity contribution is 8.00. The second kappa shape index (κ2) is 8.32. The number of thioether (sulfide) groups is 1. The Hall–Kier alpha value is -2.40. The molecule has 5 heteroatoms. The number of hydrogen-bond donors (Lipinski definition) is 1. The van der Waals surface area contributed by atoms with Crippen molar-refractivity contribution in [1.82, 2.24) is 9.97 Å². The molecule has 3 rings (SSSR count). The lowest BCUT2D eigenvalue weighted by molar-refractivity contribution is -0.115. The third-order valence-electron chi connectivity index (χ3n) is 4.53. The Balaban J connectivity index is 1.77. The molecule has 1 heterocycles. The van der Waals surface area contributed by atoms with Gasteiger partial charge in [-0.1, -0.05) is 62.0 Å². The number of fused-ring (bicyclic) bond motifs is 1. The van der Waals surface area contributed by atoms with Crippen LogP contribution in [0.4, 0.5) is 5.69 Å². The molecular formula is C21H23N3OS. The molecule has 0 saturated carbocycles. The van der Waals surface area contributed by atoms with Crippen LogP contribution in [0.2, 0.25) is 0 Å². The first-order valence-electron chi connectivity index (χ1n) is 8.86. The lowest BCUT2D eigenvalue weighted by Crippen LogP contribution is -2.23. The van der Waals surface area contributed by atoms with E-state index < -0.39 is 0 Å². The number of carbonyl (C=O) groups excluding carboxylic acids is 1. The van der Waals surface area contributed by atoms with E-state index >= 15 is 0 Å². The molecule has 0 unspecified atom stereocenters. The number of hydrogen-bond acceptors (Lipinski definition) is 4. The number of nitrogens with one attached hydrogen (secondary N) is 1. The summed E-state index contributed by atoms with van der Waals surface area (Å²) in [6.07, 6.45) is 2.58. The molecule has 1 amide bonds. The highest BCUT2D eigenvalue weighted by atomic mass is 32.2. The van der Waals surface area contributed by atoms with Gasteiger partial charge in [-0.25, -0.2) is 9.97 Å². The molecule has 0 radical (unpaired) electrons. The molecule has 2 atom stereocenters. The van der Waals surface area contributed by atoms with Gasteiger partial charge in [0.1, 0.15) is 11.4 Å². The minimum Gasteiger partial charge on any atom is -0.325 e. The zero-order valence-corrected chi connectivity index (χ0v) is 16.1. The molecule has 134 valence electrons. The Morgan fingerprint density at radius 2 is 1.81 bits per heavy atom. The van der Waals surface area contributed by atoms with Crippen molar-refractivity contribution in [2.45, 2.75) is 43.4 Å². The molecule has 1 aromatic heterocycles. The summed E-state index contributed by atoms with van der Waals surface area (Å²) >= 11 is 1.46. The highest BCUT2D eigenvalue weighted by Crippen LogP contribution is 2.30. The number of carbonyl (C=O) groups is 1. The number of para-hydroxylation sites is 2. The van der Waals surface area contributed by atoms with Crippen LogP contribution in [0.15, 0.2) is 59.9 Å². The van der Waals surface area contributed by atoms with Gasteiger partial charge in [-0.05, 0) is 37.0 Å². The molecule has 0 saturated heterocycles. The minimum absolute atomic E-state index is 0.0200. The average molecular weight is 366 g/mol. The van der Waals surface area contributed by atoms with E-state index in [2.05, 4.69) is 35.2 Å². The summed E-state index contributed by atoms with van der Waals surface area (Å²) in [5, 5.41) is 4.62. The van der Waals surface area contributed by atoms with E-state index in [-0.39, 0.29) is 11.2 Å². The molecule has 0 fully saturated rings. The van der Waals surface area contributed by atoms with Crippen molar-refractivity contribution >= 4 is 34.3 Å². The van der Waals surface area contributed by atoms with Gasteiger partial charge in [0, 0.05) is 11.1 Å². The van der Waals surface area contributed by atoms with Gasteiger partial charge in [-0.2, -0.15) is 0 Å². The maximum Gasteiger partial charge on any atom is 0.237 e. The van der Waals surface area contributed by atoms with Crippen LogP contribution in [-0.4, -0.2) is 21.1 Å². The molecule has 4 nitrogen and oxygen atoms in total. The number of amides is 1. The van der Waals surface area contributed by atoms with E-state index in [1.165, 1.54) is 17.3 Å². The largest absolute Gasteiger partial charge is 0.325 e. The Labute approximate surface area is 158 Å². The van der Waals surface area contributed by atoms with E-state index in [4.69, 9.17) is 0 Å². The summed E-state index contributed by atoms with van der Waals surface area (Å²) < 4.78 is 0. The minimum atomic E-state index is -0.265. The number of rotatable bonds is 6. The topological polar surface area (TPSA) is 54.9 Å². The molecule has 26 heavy (non-hydrogen) atoms. The van der Waals surface area contributed by atoms with Gasteiger partial charge < -0.3 is 5.32 Å². The lowest BCUT2D eigenvalue weighted by atomic mass is 9.97. The van der Waals surface area contributed by atoms with Crippen molar-refractivity contribution in [3.63, 3.8) is 0 Å². The lowest BCUT2D eigenvalue weighted by Gasteiger charge is -2.17. The second-order valence-electron chi connectivity index (χ2n) is 6.34. The van der Waals surface area contributed by atoms with Crippen molar-refractivity contribution in [2.75, 3.05) is 5.32 Å². The first-order valence-corrected chi connectivity index (χ1v) is 9.74. The fraction of sp³-hybridized carbons (Fsp3) is 0.286. The number of nitrogens with zero attached hydrogens (tertiary/aromatic N) is 2. The Morgan fingerprint density at radius 3 is 2.62 bits per heavy atom. The first kappa shape index (κ1) is 18.4. The van der Waals surface area contributed by atoms with Crippen LogP contribution in [0.1, 0.15) is 38.7 Å². The molecule has 1 N–H and O–H groups in total. The van der Waals surface area contributed by atoms with Crippen LogP contribution in [0, 0.1) is 0 Å². The van der Waals surface area contributed by atoms with Crippen molar-refractivity contribution in [1.29, 1.82) is 0 Å². The Morgan fingerprint density at radius 1 is 1.08 bits per heavy atom. The maximum atomic E-state index is 12.7. The van der Waals surface area contributed by atoms with Gasteiger partial charge in [-0.3, -0.25) is 4.79 Å². The van der Waals surface area contributed by atoms with Gasteiger partial charge >= 0.3 is 0 Å². The predicted molar refractivity (Wildman–Crippen MR) is 109 cm³/mol. The van der Waals surface area contributed by atoms with Crippen LogP contribution >= 0.6 is 11.8 Å². The van der Waals surface area contributed by atoms with Crippen LogP contribution in [0.5, 0.6) is 0 Å². The summed E-state index contributed by atoms with van der Waals surface area (Å²) in [7, 11) is 0. The monoisotopic (exact) mass is 365 g/mol. The summed E-state index contributed by atoms with van der Waals surface area (Å²) in [4.78, 5) is 21.4. The molecule has 3 aromatic rings. The Bertz CT molecular complexity index is 907. The van der Waals surface area contributed by atoms with E-state index in [0.717, 1.165) is 28.0 Å². The standard InChI is InChI=1S/C21H23N3OS/c1-4-14(2)16-9-5-8-12-19(16)24-20(25)15(3)26-21-17-10-6-7-11-18(17)22-13-23-21/h5-15H,4H2,1-3H3,(H,24,25)/t14-,15+/m0/s1. The van der Waals surface area contributed by atoms with Crippen molar-refractivity contribution in [3.05, 3.63) is 60.4 Å². The molecule has 0 bridgehead atoms. The molecule has 0 aliphatic heterocycles. The van der Waals surface area contributed by atoms with Crippen molar-refractivity contribution in [2.24, 2.45) is 0 Å². The highest BCUT2D eigenvalue weighted by Gasteiger charge is 2.19. The predicted octanol–water partition coefficient (Wildman–Crippen LogP) is 5.26. The quantitative estimate of drug-likeness (QED) is 0.478. The molecule has 0 spiro atoms. The van der Waals surface area contributed by atoms with E-state index in [1.54, 1.807) is 6.33 Å². The smallest absolute Gasteiger partial charge is 0.237 e. The van der Waals surface area contributed by atoms with Crippen LogP contribution in [-0.2, 0) is 4.79 Å².